The Bertz CT molecular complexity index is 874. The molecular formula is C23H33F2N3O4S. The molecule has 2 aromatic rings. The minimum absolute atomic E-state index is 0.151. The van der Waals surface area contributed by atoms with E-state index in [1.54, 1.807) is 18.3 Å². The maximum atomic E-state index is 12.6. The average Bonchev–Trinajstić information content (AvgIpc) is 3.21. The van der Waals surface area contributed by atoms with Gasteiger partial charge in [0.05, 0.1) is 12.7 Å². The molecule has 0 radical (unpaired) electrons. The molecule has 1 fully saturated rings. The van der Waals surface area contributed by atoms with E-state index in [4.69, 9.17) is 9.47 Å². The molecule has 0 spiro atoms. The summed E-state index contributed by atoms with van der Waals surface area (Å²) in [6.07, 6.45) is 4.51. The van der Waals surface area contributed by atoms with Gasteiger partial charge < -0.3 is 14.2 Å². The first-order valence-corrected chi connectivity index (χ1v) is 11.8. The number of alkyl halides is 2. The highest BCUT2D eigenvalue weighted by atomic mass is 32.1. The van der Waals surface area contributed by atoms with Crippen LogP contribution in [0.25, 0.3) is 10.6 Å². The number of nitrogens with zero attached hydrogens (tertiary/aromatic N) is 3. The standard InChI is InChI=1S/C19H23F2N3O4S.C4H10/c1-3-27-19(17(25)26-2)7-5-9-24(12-19)11-13-10-23-16(29-13)14-6-4-8-22-15(14)28-18(20)21;1-4(2)3/h4,6,8,10,18H,3,5,7,9,11-12H2,1-2H3;4H,1-3H3/t19-;/m0./s1. The molecule has 0 amide bonds. The highest BCUT2D eigenvalue weighted by molar-refractivity contribution is 7.15. The summed E-state index contributed by atoms with van der Waals surface area (Å²) in [5, 5.41) is 0.546. The minimum atomic E-state index is -2.96. The fourth-order valence-electron chi connectivity index (χ4n) is 3.51. The first kappa shape index (κ1) is 27.1. The molecule has 0 saturated carbocycles. The first-order valence-electron chi connectivity index (χ1n) is 11.0. The largest absolute Gasteiger partial charge is 0.467 e. The van der Waals surface area contributed by atoms with E-state index in [1.165, 1.54) is 24.6 Å². The highest BCUT2D eigenvalue weighted by Crippen LogP contribution is 2.34. The summed E-state index contributed by atoms with van der Waals surface area (Å²) in [5.74, 6) is 0.320. The van der Waals surface area contributed by atoms with Crippen LogP contribution in [-0.2, 0) is 20.8 Å². The van der Waals surface area contributed by atoms with E-state index in [2.05, 4.69) is 40.4 Å². The van der Waals surface area contributed by atoms with Crippen LogP contribution in [0.1, 0.15) is 45.4 Å². The van der Waals surface area contributed by atoms with Gasteiger partial charge in [-0.05, 0) is 44.4 Å². The second-order valence-electron chi connectivity index (χ2n) is 8.33. The van der Waals surface area contributed by atoms with E-state index in [0.717, 1.165) is 23.8 Å². The number of rotatable bonds is 8. The van der Waals surface area contributed by atoms with Crippen LogP contribution < -0.4 is 4.74 Å². The van der Waals surface area contributed by atoms with Gasteiger partial charge in [0.15, 0.2) is 5.60 Å². The van der Waals surface area contributed by atoms with Crippen LogP contribution in [0.15, 0.2) is 24.5 Å². The molecule has 3 rings (SSSR count). The van der Waals surface area contributed by atoms with Crippen LogP contribution in [0.5, 0.6) is 5.88 Å². The van der Waals surface area contributed by atoms with E-state index < -0.39 is 12.2 Å². The van der Waals surface area contributed by atoms with Crippen molar-refractivity contribution in [2.75, 3.05) is 26.8 Å². The predicted molar refractivity (Wildman–Crippen MR) is 123 cm³/mol. The maximum Gasteiger partial charge on any atom is 0.388 e. The summed E-state index contributed by atoms with van der Waals surface area (Å²) in [6, 6.07) is 3.29. The lowest BCUT2D eigenvalue weighted by molar-refractivity contribution is -0.177. The van der Waals surface area contributed by atoms with Crippen LogP contribution >= 0.6 is 11.3 Å². The SMILES string of the molecule is CC(C)C.CCO[C@@]1(C(=O)OC)CCCN(Cc2cnc(-c3cccnc3OC(F)F)s2)C1. The zero-order chi connectivity index (χ0) is 24.4. The molecule has 1 atom stereocenters. The third-order valence-electron chi connectivity index (χ3n) is 4.65. The number of piperidine rings is 1. The number of ether oxygens (including phenoxy) is 3. The summed E-state index contributed by atoms with van der Waals surface area (Å²) in [4.78, 5) is 23.6. The Kier molecular flexibility index (Phi) is 10.6. The Morgan fingerprint density at radius 1 is 1.30 bits per heavy atom. The summed E-state index contributed by atoms with van der Waals surface area (Å²) in [7, 11) is 1.37. The Labute approximate surface area is 198 Å². The predicted octanol–water partition coefficient (Wildman–Crippen LogP) is 5.01. The Balaban J connectivity index is 0.000000890. The molecule has 1 saturated heterocycles. The lowest BCUT2D eigenvalue weighted by Gasteiger charge is -2.40. The number of esters is 1. The molecule has 0 bridgehead atoms. The van der Waals surface area contributed by atoms with Gasteiger partial charge >= 0.3 is 12.6 Å². The van der Waals surface area contributed by atoms with E-state index in [0.29, 0.717) is 36.7 Å². The van der Waals surface area contributed by atoms with Gasteiger partial charge in [-0.1, -0.05) is 20.8 Å². The fraction of sp³-hybridized carbons (Fsp3) is 0.609. The van der Waals surface area contributed by atoms with Crippen molar-refractivity contribution in [3.63, 3.8) is 0 Å². The van der Waals surface area contributed by atoms with Crippen molar-refractivity contribution in [1.82, 2.24) is 14.9 Å². The molecule has 10 heteroatoms. The van der Waals surface area contributed by atoms with E-state index in [-0.39, 0.29) is 11.8 Å². The van der Waals surface area contributed by atoms with Gasteiger partial charge in [-0.2, -0.15) is 8.78 Å². The van der Waals surface area contributed by atoms with E-state index in [9.17, 15) is 13.6 Å². The van der Waals surface area contributed by atoms with Crippen LogP contribution in [0.2, 0.25) is 0 Å². The van der Waals surface area contributed by atoms with Gasteiger partial charge in [-0.25, -0.2) is 14.8 Å². The number of aromatic nitrogens is 2. The molecule has 0 aromatic carbocycles. The van der Waals surface area contributed by atoms with Crippen molar-refractivity contribution < 1.29 is 27.8 Å². The Morgan fingerprint density at radius 2 is 2.03 bits per heavy atom. The molecule has 7 nitrogen and oxygen atoms in total. The molecule has 3 heterocycles. The zero-order valence-corrected chi connectivity index (χ0v) is 20.7. The summed E-state index contributed by atoms with van der Waals surface area (Å²) >= 11 is 1.37. The monoisotopic (exact) mass is 485 g/mol. The molecule has 184 valence electrons. The minimum Gasteiger partial charge on any atom is -0.467 e. The molecule has 33 heavy (non-hydrogen) atoms. The van der Waals surface area contributed by atoms with Gasteiger partial charge in [-0.15, -0.1) is 11.3 Å². The first-order chi connectivity index (χ1) is 15.7. The number of thiazole rings is 1. The average molecular weight is 486 g/mol. The third kappa shape index (κ3) is 7.97. The molecule has 0 unspecified atom stereocenters. The van der Waals surface area contributed by atoms with Gasteiger partial charge in [0, 0.05) is 37.0 Å². The van der Waals surface area contributed by atoms with Crippen molar-refractivity contribution in [1.29, 1.82) is 0 Å². The second kappa shape index (κ2) is 12.9. The van der Waals surface area contributed by atoms with E-state index >= 15 is 0 Å². The van der Waals surface area contributed by atoms with Crippen LogP contribution in [0.3, 0.4) is 0 Å². The van der Waals surface area contributed by atoms with Gasteiger partial charge in [-0.3, -0.25) is 4.90 Å². The van der Waals surface area contributed by atoms with Gasteiger partial charge in [0.2, 0.25) is 5.88 Å². The van der Waals surface area contributed by atoms with Crippen LogP contribution in [-0.4, -0.2) is 59.9 Å². The van der Waals surface area contributed by atoms with Gasteiger partial charge in [0.25, 0.3) is 0 Å². The summed E-state index contributed by atoms with van der Waals surface area (Å²) in [6.45, 7) is 7.61. The fourth-order valence-corrected chi connectivity index (χ4v) is 4.48. The van der Waals surface area contributed by atoms with Crippen LogP contribution in [0.4, 0.5) is 8.78 Å². The third-order valence-corrected chi connectivity index (χ3v) is 5.66. The zero-order valence-electron chi connectivity index (χ0n) is 19.8. The molecule has 0 N–H and O–H groups in total. The number of pyridine rings is 1. The number of hydrogen-bond donors (Lipinski definition) is 0. The van der Waals surface area contributed by atoms with E-state index in [1.807, 2.05) is 6.92 Å². The quantitative estimate of drug-likeness (QED) is 0.487. The van der Waals surface area contributed by atoms with Gasteiger partial charge in [0.1, 0.15) is 5.01 Å². The summed E-state index contributed by atoms with van der Waals surface area (Å²) < 4.78 is 40.5. The molecule has 0 aliphatic carbocycles. The number of methoxy groups -OCH3 is 1. The molecular weight excluding hydrogens is 452 g/mol. The number of carbonyl (C=O) groups excluding carboxylic acids is 1. The van der Waals surface area contributed by atoms with Crippen molar-refractivity contribution in [3.05, 3.63) is 29.4 Å². The molecule has 2 aromatic heterocycles. The smallest absolute Gasteiger partial charge is 0.388 e. The normalized spacial score (nSPS) is 18.7. The van der Waals surface area contributed by atoms with Crippen molar-refractivity contribution in [2.24, 2.45) is 5.92 Å². The molecule has 1 aliphatic rings. The topological polar surface area (TPSA) is 73.8 Å². The highest BCUT2D eigenvalue weighted by Gasteiger charge is 2.44. The van der Waals surface area contributed by atoms with Crippen LogP contribution in [0, 0.1) is 5.92 Å². The maximum absolute atomic E-state index is 12.6. The number of halogens is 2. The second-order valence-corrected chi connectivity index (χ2v) is 9.45. The molecule has 1 aliphatic heterocycles. The Morgan fingerprint density at radius 3 is 2.67 bits per heavy atom. The number of hydrogen-bond acceptors (Lipinski definition) is 8. The lowest BCUT2D eigenvalue weighted by Crippen LogP contribution is -2.55. The number of likely N-dealkylation sites (tertiary alicyclic amines) is 1. The Hall–Kier alpha value is -2.17. The van der Waals surface area contributed by atoms with Crippen molar-refractivity contribution in [2.45, 2.75) is 59.3 Å². The number of carbonyl (C=O) groups is 1. The van der Waals surface area contributed by atoms with Crippen molar-refractivity contribution >= 4 is 17.3 Å². The lowest BCUT2D eigenvalue weighted by atomic mass is 9.92. The van der Waals surface area contributed by atoms with Crippen molar-refractivity contribution in [3.8, 4) is 16.5 Å². The summed E-state index contributed by atoms with van der Waals surface area (Å²) in [5.41, 5.74) is -0.544.